The van der Waals surface area contributed by atoms with Gasteiger partial charge in [-0.1, -0.05) is 337 Å². The van der Waals surface area contributed by atoms with Gasteiger partial charge in [-0.05, 0) is 77.0 Å². The minimum Gasteiger partial charge on any atom is -0.462 e. The first-order valence-electron chi connectivity index (χ1n) is 34.6. The smallest absolute Gasteiger partial charge is 0.306 e. The van der Waals surface area contributed by atoms with E-state index in [1.165, 1.54) is 186 Å². The molecule has 0 rings (SSSR count). The molecule has 0 bridgehead atoms. The monoisotopic (exact) mass is 1110 g/mol. The van der Waals surface area contributed by atoms with Crippen molar-refractivity contribution in [2.75, 3.05) is 13.2 Å². The summed E-state index contributed by atoms with van der Waals surface area (Å²) in [5.74, 6) is -0.880. The van der Waals surface area contributed by atoms with Crippen LogP contribution in [0.3, 0.4) is 0 Å². The molecule has 0 aliphatic heterocycles. The van der Waals surface area contributed by atoms with Crippen molar-refractivity contribution in [1.82, 2.24) is 0 Å². The van der Waals surface area contributed by atoms with Crippen LogP contribution in [0.2, 0.25) is 0 Å². The number of ether oxygens (including phenoxy) is 3. The molecule has 6 nitrogen and oxygen atoms in total. The van der Waals surface area contributed by atoms with Gasteiger partial charge in [-0.15, -0.1) is 0 Å². The largest absolute Gasteiger partial charge is 0.462 e. The molecule has 0 aliphatic rings. The van der Waals surface area contributed by atoms with Crippen LogP contribution < -0.4 is 0 Å². The number of hydrogen-bond acceptors (Lipinski definition) is 6. The Morgan fingerprint density at radius 1 is 0.263 bits per heavy atom. The molecule has 0 aromatic rings. The van der Waals surface area contributed by atoms with E-state index in [2.05, 4.69) is 106 Å². The fraction of sp³-hybridized carbons (Fsp3) is 0.770. The number of rotatable bonds is 63. The summed E-state index contributed by atoms with van der Waals surface area (Å²) in [6, 6.07) is 0. The molecule has 80 heavy (non-hydrogen) atoms. The first-order chi connectivity index (χ1) is 39.5. The van der Waals surface area contributed by atoms with Gasteiger partial charge < -0.3 is 14.2 Å². The first kappa shape index (κ1) is 76.6. The van der Waals surface area contributed by atoms with Crippen molar-refractivity contribution in [2.24, 2.45) is 0 Å². The maximum absolute atomic E-state index is 12.9. The van der Waals surface area contributed by atoms with Gasteiger partial charge in [0.25, 0.3) is 0 Å². The third-order valence-corrected chi connectivity index (χ3v) is 15.2. The summed E-state index contributed by atoms with van der Waals surface area (Å²) in [6.45, 7) is 6.55. The van der Waals surface area contributed by atoms with Crippen LogP contribution in [0.1, 0.15) is 348 Å². The Labute approximate surface area is 496 Å². The minimum atomic E-state index is -0.783. The molecule has 6 heteroatoms. The summed E-state index contributed by atoms with van der Waals surface area (Å²) in [6.07, 6.45) is 90.4. The van der Waals surface area contributed by atoms with Crippen molar-refractivity contribution >= 4 is 17.9 Å². The van der Waals surface area contributed by atoms with Crippen molar-refractivity contribution in [3.8, 4) is 0 Å². The van der Waals surface area contributed by atoms with Crippen LogP contribution in [0.5, 0.6) is 0 Å². The van der Waals surface area contributed by atoms with E-state index in [4.69, 9.17) is 14.2 Å². The molecule has 0 fully saturated rings. The lowest BCUT2D eigenvalue weighted by molar-refractivity contribution is -0.167. The highest BCUT2D eigenvalue weighted by atomic mass is 16.6. The standard InChI is InChI=1S/C74H130O6/c1-4-7-10-13-16-19-22-24-26-28-30-32-34-36-37-38-40-41-43-45-47-49-52-55-58-61-64-67-73(76)79-70-71(69-78-72(75)66-63-60-57-54-51-21-18-15-12-9-6-3)80-74(77)68-65-62-59-56-53-50-48-46-44-42-39-35-33-31-29-27-25-23-20-17-14-11-8-5-2/h7,10,16,19,24,26,30,32,36-37,40-41,45,47,71H,4-6,8-9,11-15,17-18,20-23,25,27-29,31,33-35,38-39,42-44,46,48-70H2,1-3H3/b10-7-,19-16-,26-24-,32-30-,37-36-,41-40-,47-45-. The average molecular weight is 1120 g/mol. The van der Waals surface area contributed by atoms with E-state index in [0.29, 0.717) is 19.3 Å². The van der Waals surface area contributed by atoms with Crippen LogP contribution in [-0.4, -0.2) is 37.2 Å². The molecule has 0 aromatic heterocycles. The van der Waals surface area contributed by atoms with Crippen LogP contribution in [0.25, 0.3) is 0 Å². The van der Waals surface area contributed by atoms with Gasteiger partial charge in [0.1, 0.15) is 13.2 Å². The third-order valence-electron chi connectivity index (χ3n) is 15.2. The maximum Gasteiger partial charge on any atom is 0.306 e. The predicted molar refractivity (Wildman–Crippen MR) is 348 cm³/mol. The number of unbranched alkanes of at least 4 members (excludes halogenated alkanes) is 38. The topological polar surface area (TPSA) is 78.9 Å². The second kappa shape index (κ2) is 68.1. The molecule has 462 valence electrons. The maximum atomic E-state index is 12.9. The number of allylic oxidation sites excluding steroid dienone is 14. The lowest BCUT2D eigenvalue weighted by atomic mass is 10.0. The van der Waals surface area contributed by atoms with Crippen molar-refractivity contribution in [2.45, 2.75) is 354 Å². The van der Waals surface area contributed by atoms with Gasteiger partial charge in [-0.3, -0.25) is 14.4 Å². The summed E-state index contributed by atoms with van der Waals surface area (Å²) in [5.41, 5.74) is 0. The zero-order valence-corrected chi connectivity index (χ0v) is 53.1. The highest BCUT2D eigenvalue weighted by Crippen LogP contribution is 2.18. The van der Waals surface area contributed by atoms with E-state index in [9.17, 15) is 14.4 Å². The van der Waals surface area contributed by atoms with Crippen LogP contribution in [0.4, 0.5) is 0 Å². The summed E-state index contributed by atoms with van der Waals surface area (Å²) < 4.78 is 16.9. The summed E-state index contributed by atoms with van der Waals surface area (Å²) in [4.78, 5) is 38.3. The predicted octanol–water partition coefficient (Wildman–Crippen LogP) is 23.8. The number of carbonyl (C=O) groups excluding carboxylic acids is 3. The molecule has 0 aliphatic carbocycles. The van der Waals surface area contributed by atoms with Gasteiger partial charge in [0.15, 0.2) is 6.10 Å². The molecule has 0 heterocycles. The lowest BCUT2D eigenvalue weighted by Crippen LogP contribution is -2.30. The molecule has 0 aromatic carbocycles. The third kappa shape index (κ3) is 65.4. The Balaban J connectivity index is 4.28. The van der Waals surface area contributed by atoms with E-state index >= 15 is 0 Å². The van der Waals surface area contributed by atoms with Gasteiger partial charge >= 0.3 is 17.9 Å². The molecule has 0 saturated carbocycles. The van der Waals surface area contributed by atoms with Crippen LogP contribution in [0.15, 0.2) is 85.1 Å². The fourth-order valence-corrected chi connectivity index (χ4v) is 10.0. The van der Waals surface area contributed by atoms with Crippen LogP contribution >= 0.6 is 0 Å². The number of carbonyl (C=O) groups is 3. The normalized spacial score (nSPS) is 12.6. The molecule has 1 unspecified atom stereocenters. The Hall–Kier alpha value is -3.41. The lowest BCUT2D eigenvalue weighted by Gasteiger charge is -2.18. The molecule has 0 spiro atoms. The number of hydrogen-bond donors (Lipinski definition) is 0. The second-order valence-corrected chi connectivity index (χ2v) is 23.1. The van der Waals surface area contributed by atoms with Gasteiger partial charge in [-0.2, -0.15) is 0 Å². The van der Waals surface area contributed by atoms with Crippen molar-refractivity contribution in [3.05, 3.63) is 85.1 Å². The first-order valence-corrected chi connectivity index (χ1v) is 34.6. The van der Waals surface area contributed by atoms with Crippen LogP contribution in [-0.2, 0) is 28.6 Å². The highest BCUT2D eigenvalue weighted by Gasteiger charge is 2.19. The van der Waals surface area contributed by atoms with Gasteiger partial charge in [0.05, 0.1) is 0 Å². The summed E-state index contributed by atoms with van der Waals surface area (Å²) >= 11 is 0. The summed E-state index contributed by atoms with van der Waals surface area (Å²) in [5, 5.41) is 0. The second-order valence-electron chi connectivity index (χ2n) is 23.1. The Bertz CT molecular complexity index is 1520. The van der Waals surface area contributed by atoms with Crippen LogP contribution in [0, 0.1) is 0 Å². The Morgan fingerprint density at radius 3 is 0.762 bits per heavy atom. The van der Waals surface area contributed by atoms with E-state index in [0.717, 1.165) is 122 Å². The molecular weight excluding hydrogens is 985 g/mol. The molecular formula is C74H130O6. The van der Waals surface area contributed by atoms with Crippen molar-refractivity contribution < 1.29 is 28.6 Å². The quantitative estimate of drug-likeness (QED) is 0.0261. The van der Waals surface area contributed by atoms with E-state index in [-0.39, 0.29) is 31.1 Å². The zero-order valence-electron chi connectivity index (χ0n) is 53.1. The van der Waals surface area contributed by atoms with E-state index < -0.39 is 6.10 Å². The molecule has 0 saturated heterocycles. The van der Waals surface area contributed by atoms with Crippen molar-refractivity contribution in [3.63, 3.8) is 0 Å². The summed E-state index contributed by atoms with van der Waals surface area (Å²) in [7, 11) is 0. The highest BCUT2D eigenvalue weighted by molar-refractivity contribution is 5.71. The molecule has 0 radical (unpaired) electrons. The van der Waals surface area contributed by atoms with Gasteiger partial charge in [0.2, 0.25) is 0 Å². The Kier molecular flexibility index (Phi) is 65.2. The van der Waals surface area contributed by atoms with Gasteiger partial charge in [0, 0.05) is 19.3 Å². The minimum absolute atomic E-state index is 0.0782. The molecule has 0 amide bonds. The fourth-order valence-electron chi connectivity index (χ4n) is 10.0. The zero-order chi connectivity index (χ0) is 57.8. The molecule has 0 N–H and O–H groups in total. The Morgan fingerprint density at radius 2 is 0.487 bits per heavy atom. The van der Waals surface area contributed by atoms with Crippen molar-refractivity contribution in [1.29, 1.82) is 0 Å². The van der Waals surface area contributed by atoms with E-state index in [1.807, 2.05) is 0 Å². The molecule has 1 atom stereocenters. The van der Waals surface area contributed by atoms with E-state index in [1.54, 1.807) is 0 Å². The van der Waals surface area contributed by atoms with Gasteiger partial charge in [-0.25, -0.2) is 0 Å². The number of esters is 3. The average Bonchev–Trinajstić information content (AvgIpc) is 3.46. The SMILES string of the molecule is CC/C=C\C/C=C\C/C=C\C/C=C\C/C=C\C/C=C\C/C=C\CCCCCCCC(=O)OCC(COC(=O)CCCCCCCCCCCCC)OC(=O)CCCCCCCCCCCCCCCCCCCCCCCCCC.